The minimum Gasteiger partial charge on any atom is -0.355 e. The highest BCUT2D eigenvalue weighted by molar-refractivity contribution is 5.92. The molecule has 1 atom stereocenters. The number of aromatic nitrogens is 2. The summed E-state index contributed by atoms with van der Waals surface area (Å²) in [4.78, 5) is 16.5. The maximum atomic E-state index is 12.5. The molecule has 2 aliphatic heterocycles. The third-order valence-corrected chi connectivity index (χ3v) is 4.64. The van der Waals surface area contributed by atoms with E-state index in [0.717, 1.165) is 31.9 Å². The van der Waals surface area contributed by atoms with Gasteiger partial charge in [-0.15, -0.1) is 10.2 Å². The van der Waals surface area contributed by atoms with Crippen molar-refractivity contribution >= 4 is 11.7 Å². The van der Waals surface area contributed by atoms with Gasteiger partial charge in [-0.2, -0.15) is 0 Å². The van der Waals surface area contributed by atoms with Crippen LogP contribution >= 0.6 is 0 Å². The van der Waals surface area contributed by atoms with E-state index < -0.39 is 0 Å². The fourth-order valence-corrected chi connectivity index (χ4v) is 3.08. The van der Waals surface area contributed by atoms with Crippen LogP contribution in [0.1, 0.15) is 36.7 Å². The summed E-state index contributed by atoms with van der Waals surface area (Å²) in [6, 6.07) is 3.70. The Labute approximate surface area is 125 Å². The standard InChI is InChI=1S/C15H23N5O/c1-15(10-16)6-9-20(11-15)14(21)12-4-5-13(18-17-12)19-7-2-3-8-19/h4-5H,2-3,6-11,16H2,1H3. The lowest BCUT2D eigenvalue weighted by molar-refractivity contribution is 0.0770. The lowest BCUT2D eigenvalue weighted by Crippen LogP contribution is -2.35. The molecule has 21 heavy (non-hydrogen) atoms. The fourth-order valence-electron chi connectivity index (χ4n) is 3.08. The van der Waals surface area contributed by atoms with Crippen LogP contribution < -0.4 is 10.6 Å². The molecular weight excluding hydrogens is 266 g/mol. The van der Waals surface area contributed by atoms with Crippen molar-refractivity contribution in [3.8, 4) is 0 Å². The van der Waals surface area contributed by atoms with Gasteiger partial charge in [-0.3, -0.25) is 4.79 Å². The van der Waals surface area contributed by atoms with Crippen molar-refractivity contribution in [2.75, 3.05) is 37.6 Å². The number of nitrogens with zero attached hydrogens (tertiary/aromatic N) is 4. The first kappa shape index (κ1) is 14.3. The molecular formula is C15H23N5O. The number of anilines is 1. The Bertz CT molecular complexity index is 511. The topological polar surface area (TPSA) is 75.3 Å². The van der Waals surface area contributed by atoms with Crippen molar-refractivity contribution < 1.29 is 4.79 Å². The lowest BCUT2D eigenvalue weighted by atomic mass is 9.90. The highest BCUT2D eigenvalue weighted by atomic mass is 16.2. The molecule has 2 fully saturated rings. The van der Waals surface area contributed by atoms with Gasteiger partial charge in [0, 0.05) is 26.2 Å². The first-order valence-corrected chi connectivity index (χ1v) is 7.69. The number of hydrogen-bond acceptors (Lipinski definition) is 5. The molecule has 1 unspecified atom stereocenters. The fraction of sp³-hybridized carbons (Fsp3) is 0.667. The van der Waals surface area contributed by atoms with Gasteiger partial charge < -0.3 is 15.5 Å². The molecule has 1 aromatic rings. The minimum absolute atomic E-state index is 0.0346. The second kappa shape index (κ2) is 5.60. The number of carbonyl (C=O) groups is 1. The molecule has 114 valence electrons. The number of carbonyl (C=O) groups excluding carboxylic acids is 1. The van der Waals surface area contributed by atoms with Crippen LogP contribution in [0, 0.1) is 5.41 Å². The quantitative estimate of drug-likeness (QED) is 0.894. The van der Waals surface area contributed by atoms with E-state index in [1.54, 1.807) is 6.07 Å². The molecule has 2 N–H and O–H groups in total. The summed E-state index contributed by atoms with van der Waals surface area (Å²) in [7, 11) is 0. The molecule has 6 heteroatoms. The minimum atomic E-state index is -0.0346. The van der Waals surface area contributed by atoms with Crippen LogP contribution in [0.25, 0.3) is 0 Å². The second-order valence-electron chi connectivity index (χ2n) is 6.46. The first-order valence-electron chi connectivity index (χ1n) is 7.69. The van der Waals surface area contributed by atoms with Crippen LogP contribution in [0.5, 0.6) is 0 Å². The average molecular weight is 289 g/mol. The Kier molecular flexibility index (Phi) is 3.80. The molecule has 3 heterocycles. The third-order valence-electron chi connectivity index (χ3n) is 4.64. The SMILES string of the molecule is CC1(CN)CCN(C(=O)c2ccc(N3CCCC3)nn2)C1. The maximum Gasteiger partial charge on any atom is 0.274 e. The van der Waals surface area contributed by atoms with Crippen LogP contribution in [-0.4, -0.2) is 53.7 Å². The van der Waals surface area contributed by atoms with Gasteiger partial charge >= 0.3 is 0 Å². The van der Waals surface area contributed by atoms with Crippen molar-refractivity contribution in [1.82, 2.24) is 15.1 Å². The summed E-state index contributed by atoms with van der Waals surface area (Å²) in [6.07, 6.45) is 3.36. The van der Waals surface area contributed by atoms with Crippen molar-refractivity contribution in [2.24, 2.45) is 11.1 Å². The van der Waals surface area contributed by atoms with E-state index in [1.165, 1.54) is 12.8 Å². The second-order valence-corrected chi connectivity index (χ2v) is 6.46. The smallest absolute Gasteiger partial charge is 0.274 e. The summed E-state index contributed by atoms with van der Waals surface area (Å²) in [5.41, 5.74) is 6.26. The van der Waals surface area contributed by atoms with Gasteiger partial charge in [0.15, 0.2) is 11.5 Å². The molecule has 0 aromatic carbocycles. The lowest BCUT2D eigenvalue weighted by Gasteiger charge is -2.22. The van der Waals surface area contributed by atoms with Crippen LogP contribution in [0.3, 0.4) is 0 Å². The zero-order valence-corrected chi connectivity index (χ0v) is 12.6. The molecule has 0 radical (unpaired) electrons. The molecule has 6 nitrogen and oxygen atoms in total. The van der Waals surface area contributed by atoms with Gasteiger partial charge in [0.2, 0.25) is 0 Å². The predicted molar refractivity (Wildman–Crippen MR) is 81.2 cm³/mol. The van der Waals surface area contributed by atoms with Gasteiger partial charge in [-0.1, -0.05) is 6.92 Å². The Balaban J connectivity index is 1.68. The zero-order chi connectivity index (χ0) is 14.9. The maximum absolute atomic E-state index is 12.5. The molecule has 1 amide bonds. The number of rotatable bonds is 3. The molecule has 0 aliphatic carbocycles. The summed E-state index contributed by atoms with van der Waals surface area (Å²) >= 11 is 0. The van der Waals surface area contributed by atoms with Crippen molar-refractivity contribution in [3.63, 3.8) is 0 Å². The number of likely N-dealkylation sites (tertiary alicyclic amines) is 1. The number of nitrogens with two attached hydrogens (primary N) is 1. The largest absolute Gasteiger partial charge is 0.355 e. The van der Waals surface area contributed by atoms with Gasteiger partial charge in [0.05, 0.1) is 0 Å². The summed E-state index contributed by atoms with van der Waals surface area (Å²) in [5.74, 6) is 0.838. The van der Waals surface area contributed by atoms with E-state index in [0.29, 0.717) is 18.8 Å². The highest BCUT2D eigenvalue weighted by Gasteiger charge is 2.35. The Hall–Kier alpha value is -1.69. The molecule has 0 saturated carbocycles. The van der Waals surface area contributed by atoms with E-state index in [2.05, 4.69) is 22.0 Å². The predicted octanol–water partition coefficient (Wildman–Crippen LogP) is 0.888. The number of hydrogen-bond donors (Lipinski definition) is 1. The van der Waals surface area contributed by atoms with Crippen LogP contribution in [0.4, 0.5) is 5.82 Å². The normalized spacial score (nSPS) is 25.6. The average Bonchev–Trinajstić information content (AvgIpc) is 3.17. The van der Waals surface area contributed by atoms with E-state index in [-0.39, 0.29) is 11.3 Å². The van der Waals surface area contributed by atoms with Gasteiger partial charge in [-0.05, 0) is 43.4 Å². The van der Waals surface area contributed by atoms with E-state index in [4.69, 9.17) is 5.73 Å². The summed E-state index contributed by atoms with van der Waals surface area (Å²) in [6.45, 7) is 6.25. The molecule has 1 aromatic heterocycles. The zero-order valence-electron chi connectivity index (χ0n) is 12.6. The van der Waals surface area contributed by atoms with Crippen molar-refractivity contribution in [1.29, 1.82) is 0 Å². The number of amides is 1. The van der Waals surface area contributed by atoms with Crippen LogP contribution in [0.2, 0.25) is 0 Å². The van der Waals surface area contributed by atoms with E-state index >= 15 is 0 Å². The molecule has 2 aliphatic rings. The van der Waals surface area contributed by atoms with Crippen LogP contribution in [-0.2, 0) is 0 Å². The molecule has 0 spiro atoms. The van der Waals surface area contributed by atoms with Gasteiger partial charge in [0.1, 0.15) is 0 Å². The Morgan fingerprint density at radius 3 is 2.62 bits per heavy atom. The summed E-state index contributed by atoms with van der Waals surface area (Å²) < 4.78 is 0. The van der Waals surface area contributed by atoms with Crippen LogP contribution in [0.15, 0.2) is 12.1 Å². The van der Waals surface area contributed by atoms with E-state index in [9.17, 15) is 4.79 Å². The van der Waals surface area contributed by atoms with Crippen molar-refractivity contribution in [3.05, 3.63) is 17.8 Å². The first-order chi connectivity index (χ1) is 10.1. The molecule has 2 saturated heterocycles. The Morgan fingerprint density at radius 2 is 2.05 bits per heavy atom. The monoisotopic (exact) mass is 289 g/mol. The Morgan fingerprint density at radius 1 is 1.29 bits per heavy atom. The molecule has 0 bridgehead atoms. The van der Waals surface area contributed by atoms with Gasteiger partial charge in [-0.25, -0.2) is 0 Å². The third kappa shape index (κ3) is 2.85. The molecule has 3 rings (SSSR count). The van der Waals surface area contributed by atoms with Crippen molar-refractivity contribution in [2.45, 2.75) is 26.2 Å². The van der Waals surface area contributed by atoms with E-state index in [1.807, 2.05) is 11.0 Å². The van der Waals surface area contributed by atoms with Gasteiger partial charge in [0.25, 0.3) is 5.91 Å². The summed E-state index contributed by atoms with van der Waals surface area (Å²) in [5, 5.41) is 8.34. The highest BCUT2D eigenvalue weighted by Crippen LogP contribution is 2.29.